The van der Waals surface area contributed by atoms with Crippen LogP contribution >= 0.6 is 40.3 Å². The van der Waals surface area contributed by atoms with Crippen LogP contribution in [0.25, 0.3) is 0 Å². The SMILES string of the molecule is CSC1=Nc2ccccc2C(S)N1c1ccccc1Br. The molecule has 0 N–H and O–H groups in total. The summed E-state index contributed by atoms with van der Waals surface area (Å²) in [7, 11) is 0. The van der Waals surface area contributed by atoms with Crippen molar-refractivity contribution in [3.05, 3.63) is 58.6 Å². The molecule has 3 rings (SSSR count). The monoisotopic (exact) mass is 364 g/mol. The van der Waals surface area contributed by atoms with Gasteiger partial charge in [0.15, 0.2) is 5.17 Å². The van der Waals surface area contributed by atoms with Crippen LogP contribution in [0.15, 0.2) is 58.0 Å². The van der Waals surface area contributed by atoms with Gasteiger partial charge in [0.2, 0.25) is 0 Å². The minimum atomic E-state index is -0.0372. The molecule has 1 aliphatic heterocycles. The van der Waals surface area contributed by atoms with Crippen molar-refractivity contribution < 1.29 is 0 Å². The van der Waals surface area contributed by atoms with Crippen molar-refractivity contribution in [3.63, 3.8) is 0 Å². The van der Waals surface area contributed by atoms with Crippen LogP contribution < -0.4 is 4.90 Å². The number of aliphatic imine (C=N–C) groups is 1. The van der Waals surface area contributed by atoms with Crippen LogP contribution in [0.3, 0.4) is 0 Å². The van der Waals surface area contributed by atoms with Gasteiger partial charge in [0.05, 0.1) is 11.4 Å². The highest BCUT2D eigenvalue weighted by atomic mass is 79.9. The van der Waals surface area contributed by atoms with Gasteiger partial charge in [0.1, 0.15) is 5.37 Å². The fourth-order valence-electron chi connectivity index (χ4n) is 2.23. The molecule has 0 spiro atoms. The summed E-state index contributed by atoms with van der Waals surface area (Å²) < 4.78 is 1.04. The van der Waals surface area contributed by atoms with Gasteiger partial charge >= 0.3 is 0 Å². The predicted molar refractivity (Wildman–Crippen MR) is 95.4 cm³/mol. The Morgan fingerprint density at radius 1 is 1.15 bits per heavy atom. The average Bonchev–Trinajstić information content (AvgIpc) is 2.48. The Hall–Kier alpha value is -0.910. The van der Waals surface area contributed by atoms with Crippen LogP contribution in [0.4, 0.5) is 11.4 Å². The molecule has 2 nitrogen and oxygen atoms in total. The van der Waals surface area contributed by atoms with Crippen LogP contribution in [0.2, 0.25) is 0 Å². The maximum atomic E-state index is 4.82. The summed E-state index contributed by atoms with van der Waals surface area (Å²) in [5.74, 6) is 0. The standard InChI is InChI=1S/C15H13BrN2S2/c1-20-15-17-12-8-4-2-6-10(12)14(19)18(15)13-9-5-3-7-11(13)16/h2-9,14,19H,1H3. The molecule has 2 aromatic carbocycles. The number of hydrogen-bond acceptors (Lipinski definition) is 4. The molecule has 0 amide bonds. The lowest BCUT2D eigenvalue weighted by Crippen LogP contribution is -2.33. The van der Waals surface area contributed by atoms with Crippen LogP contribution in [0, 0.1) is 0 Å². The van der Waals surface area contributed by atoms with Crippen LogP contribution in [-0.2, 0) is 0 Å². The van der Waals surface area contributed by atoms with Gasteiger partial charge in [-0.05, 0) is 40.4 Å². The molecule has 0 radical (unpaired) electrons. The first-order chi connectivity index (χ1) is 9.72. The number of fused-ring (bicyclic) bond motifs is 1. The van der Waals surface area contributed by atoms with E-state index in [1.165, 1.54) is 0 Å². The number of amidine groups is 1. The van der Waals surface area contributed by atoms with Crippen molar-refractivity contribution >= 4 is 56.9 Å². The number of halogens is 1. The molecule has 1 unspecified atom stereocenters. The summed E-state index contributed by atoms with van der Waals surface area (Å²) >= 11 is 10.1. The Bertz CT molecular complexity index is 672. The van der Waals surface area contributed by atoms with Gasteiger partial charge in [-0.15, -0.1) is 12.6 Å². The van der Waals surface area contributed by atoms with Gasteiger partial charge in [-0.1, -0.05) is 42.1 Å². The summed E-state index contributed by atoms with van der Waals surface area (Å²) in [5.41, 5.74) is 3.21. The third-order valence-electron chi connectivity index (χ3n) is 3.18. The van der Waals surface area contributed by atoms with Crippen molar-refractivity contribution in [2.24, 2.45) is 4.99 Å². The predicted octanol–water partition coefficient (Wildman–Crippen LogP) is 5.25. The van der Waals surface area contributed by atoms with Crippen molar-refractivity contribution in [1.82, 2.24) is 0 Å². The second kappa shape index (κ2) is 5.84. The fourth-order valence-corrected chi connectivity index (χ4v) is 3.83. The minimum Gasteiger partial charge on any atom is -0.303 e. The van der Waals surface area contributed by atoms with E-state index in [-0.39, 0.29) is 5.37 Å². The molecule has 0 saturated carbocycles. The van der Waals surface area contributed by atoms with Crippen LogP contribution in [0.1, 0.15) is 10.9 Å². The van der Waals surface area contributed by atoms with E-state index in [0.717, 1.165) is 26.6 Å². The van der Waals surface area contributed by atoms with E-state index in [9.17, 15) is 0 Å². The third-order valence-corrected chi connectivity index (χ3v) is 5.01. The zero-order valence-electron chi connectivity index (χ0n) is 10.8. The number of nitrogens with zero attached hydrogens (tertiary/aromatic N) is 2. The van der Waals surface area contributed by atoms with Crippen molar-refractivity contribution in [2.45, 2.75) is 5.37 Å². The van der Waals surface area contributed by atoms with E-state index < -0.39 is 0 Å². The Balaban J connectivity index is 2.15. The van der Waals surface area contributed by atoms with Crippen LogP contribution in [-0.4, -0.2) is 11.4 Å². The number of thioether (sulfide) groups is 1. The summed E-state index contributed by atoms with van der Waals surface area (Å²) in [4.78, 5) is 6.90. The highest BCUT2D eigenvalue weighted by Gasteiger charge is 2.29. The zero-order valence-corrected chi connectivity index (χ0v) is 14.1. The lowest BCUT2D eigenvalue weighted by atomic mass is 10.1. The number of rotatable bonds is 1. The third kappa shape index (κ3) is 2.38. The summed E-state index contributed by atoms with van der Waals surface area (Å²) in [5, 5.41) is 0.917. The molecule has 1 atom stereocenters. The lowest BCUT2D eigenvalue weighted by Gasteiger charge is -2.35. The van der Waals surface area contributed by atoms with Crippen molar-refractivity contribution in [1.29, 1.82) is 0 Å². The first kappa shape index (κ1) is 14.0. The topological polar surface area (TPSA) is 15.6 Å². The van der Waals surface area contributed by atoms with E-state index in [0.29, 0.717) is 0 Å². The van der Waals surface area contributed by atoms with Gasteiger partial charge in [0.25, 0.3) is 0 Å². The average molecular weight is 365 g/mol. The molecule has 0 saturated heterocycles. The maximum Gasteiger partial charge on any atom is 0.169 e. The van der Waals surface area contributed by atoms with E-state index >= 15 is 0 Å². The van der Waals surface area contributed by atoms with E-state index in [1.54, 1.807) is 11.8 Å². The normalized spacial score (nSPS) is 17.6. The molecule has 1 aliphatic rings. The van der Waals surface area contributed by atoms with Gasteiger partial charge in [-0.2, -0.15) is 0 Å². The quantitative estimate of drug-likeness (QED) is 0.695. The Kier molecular flexibility index (Phi) is 4.10. The Morgan fingerprint density at radius 2 is 1.85 bits per heavy atom. The maximum absolute atomic E-state index is 4.82. The molecule has 0 fully saturated rings. The number of hydrogen-bond donors (Lipinski definition) is 1. The van der Waals surface area contributed by atoms with Crippen molar-refractivity contribution in [3.8, 4) is 0 Å². The largest absolute Gasteiger partial charge is 0.303 e. The summed E-state index contributed by atoms with van der Waals surface area (Å²) in [6.07, 6.45) is 2.04. The fraction of sp³-hybridized carbons (Fsp3) is 0.133. The van der Waals surface area contributed by atoms with E-state index in [1.807, 2.05) is 42.7 Å². The summed E-state index contributed by atoms with van der Waals surface area (Å²) in [6, 6.07) is 16.3. The highest BCUT2D eigenvalue weighted by Crippen LogP contribution is 2.43. The molecule has 102 valence electrons. The van der Waals surface area contributed by atoms with Gasteiger partial charge in [-0.3, -0.25) is 0 Å². The zero-order chi connectivity index (χ0) is 14.1. The van der Waals surface area contributed by atoms with Gasteiger partial charge in [-0.25, -0.2) is 4.99 Å². The number of thiol groups is 1. The lowest BCUT2D eigenvalue weighted by molar-refractivity contribution is 0.968. The first-order valence-corrected chi connectivity index (χ1v) is 8.69. The second-order valence-electron chi connectivity index (χ2n) is 4.35. The van der Waals surface area contributed by atoms with E-state index in [2.05, 4.69) is 33.0 Å². The van der Waals surface area contributed by atoms with Gasteiger partial charge in [0, 0.05) is 10.0 Å². The molecular weight excluding hydrogens is 352 g/mol. The molecule has 0 aromatic heterocycles. The molecule has 5 heteroatoms. The highest BCUT2D eigenvalue weighted by molar-refractivity contribution is 9.10. The molecule has 0 aliphatic carbocycles. The summed E-state index contributed by atoms with van der Waals surface area (Å²) in [6.45, 7) is 0. The van der Waals surface area contributed by atoms with E-state index in [4.69, 9.17) is 17.6 Å². The van der Waals surface area contributed by atoms with Crippen LogP contribution in [0.5, 0.6) is 0 Å². The smallest absolute Gasteiger partial charge is 0.169 e. The second-order valence-corrected chi connectivity index (χ2v) is 6.47. The Morgan fingerprint density at radius 3 is 2.60 bits per heavy atom. The van der Waals surface area contributed by atoms with Crippen molar-refractivity contribution in [2.75, 3.05) is 11.2 Å². The molecule has 2 aromatic rings. The van der Waals surface area contributed by atoms with Gasteiger partial charge < -0.3 is 4.90 Å². The number of anilines is 1. The molecular formula is C15H13BrN2S2. The number of para-hydroxylation sites is 2. The molecule has 20 heavy (non-hydrogen) atoms. The Labute approximate surface area is 136 Å². The minimum absolute atomic E-state index is 0.0372. The first-order valence-electron chi connectivity index (χ1n) is 6.16. The number of benzene rings is 2. The molecule has 1 heterocycles. The molecule has 0 bridgehead atoms.